The Hall–Kier alpha value is -2.06. The lowest BCUT2D eigenvalue weighted by Gasteiger charge is -2.44. The molecule has 1 fully saturated rings. The molecule has 0 saturated carbocycles. The van der Waals surface area contributed by atoms with Gasteiger partial charge in [0.2, 0.25) is 5.65 Å². The molecule has 3 aromatic heterocycles. The number of aryl methyl sites for hydroxylation is 2. The molecule has 8 heteroatoms. The third kappa shape index (κ3) is 2.65. The maximum absolute atomic E-state index is 4.55. The minimum absolute atomic E-state index is 0.516. The minimum Gasteiger partial charge on any atom is -0.350 e. The SMILES string of the molecule is CCc1nnc2c(N3CC(N(C)Cc4csc(C)n4)C3)nccn12. The van der Waals surface area contributed by atoms with Gasteiger partial charge in [0, 0.05) is 49.9 Å². The summed E-state index contributed by atoms with van der Waals surface area (Å²) in [5.41, 5.74) is 2.01. The third-order valence-electron chi connectivity index (χ3n) is 4.56. The summed E-state index contributed by atoms with van der Waals surface area (Å²) in [6.45, 7) is 6.95. The van der Waals surface area contributed by atoms with Crippen molar-refractivity contribution in [3.05, 3.63) is 34.3 Å². The zero-order chi connectivity index (χ0) is 16.7. The van der Waals surface area contributed by atoms with Gasteiger partial charge in [0.15, 0.2) is 5.82 Å². The molecule has 0 aromatic carbocycles. The standard InChI is InChI=1S/C16H21N7S/c1-4-14-19-20-16-15(17-5-6-23(14)16)22-8-13(9-22)21(3)7-12-10-24-11(2)18-12/h5-6,10,13H,4,7-9H2,1-3H3. The van der Waals surface area contributed by atoms with Gasteiger partial charge in [-0.3, -0.25) is 9.30 Å². The van der Waals surface area contributed by atoms with Crippen molar-refractivity contribution in [2.24, 2.45) is 0 Å². The summed E-state index contributed by atoms with van der Waals surface area (Å²) in [6, 6.07) is 0.516. The normalized spacial score (nSPS) is 15.4. The zero-order valence-electron chi connectivity index (χ0n) is 14.2. The highest BCUT2D eigenvalue weighted by Crippen LogP contribution is 2.25. The molecule has 0 aliphatic carbocycles. The van der Waals surface area contributed by atoms with Gasteiger partial charge in [-0.05, 0) is 14.0 Å². The Bertz CT molecular complexity index is 849. The van der Waals surface area contributed by atoms with Gasteiger partial charge in [0.1, 0.15) is 5.82 Å². The summed E-state index contributed by atoms with van der Waals surface area (Å²) in [7, 11) is 2.16. The van der Waals surface area contributed by atoms with E-state index < -0.39 is 0 Å². The van der Waals surface area contributed by atoms with Crippen LogP contribution in [0.1, 0.15) is 23.4 Å². The largest absolute Gasteiger partial charge is 0.350 e. The van der Waals surface area contributed by atoms with Crippen LogP contribution < -0.4 is 4.90 Å². The number of anilines is 1. The van der Waals surface area contributed by atoms with Gasteiger partial charge in [-0.15, -0.1) is 21.5 Å². The third-order valence-corrected chi connectivity index (χ3v) is 5.38. The molecule has 0 N–H and O–H groups in total. The van der Waals surface area contributed by atoms with E-state index in [9.17, 15) is 0 Å². The minimum atomic E-state index is 0.516. The molecule has 24 heavy (non-hydrogen) atoms. The van der Waals surface area contributed by atoms with Crippen molar-refractivity contribution in [2.75, 3.05) is 25.0 Å². The van der Waals surface area contributed by atoms with Gasteiger partial charge < -0.3 is 4.90 Å². The molecular formula is C16H21N7S. The Labute approximate surface area is 145 Å². The van der Waals surface area contributed by atoms with Crippen LogP contribution in [0.4, 0.5) is 5.82 Å². The fourth-order valence-electron chi connectivity index (χ4n) is 3.10. The highest BCUT2D eigenvalue weighted by atomic mass is 32.1. The number of fused-ring (bicyclic) bond motifs is 1. The van der Waals surface area contributed by atoms with Crippen molar-refractivity contribution >= 4 is 22.8 Å². The second-order valence-electron chi connectivity index (χ2n) is 6.25. The first-order valence-electron chi connectivity index (χ1n) is 8.20. The fourth-order valence-corrected chi connectivity index (χ4v) is 3.70. The fraction of sp³-hybridized carbons (Fsp3) is 0.500. The van der Waals surface area contributed by atoms with E-state index in [-0.39, 0.29) is 0 Å². The summed E-state index contributed by atoms with van der Waals surface area (Å²) < 4.78 is 2.04. The van der Waals surface area contributed by atoms with Crippen LogP contribution in [-0.2, 0) is 13.0 Å². The van der Waals surface area contributed by atoms with Crippen LogP contribution in [0.25, 0.3) is 5.65 Å². The lowest BCUT2D eigenvalue weighted by Crippen LogP contribution is -2.58. The quantitative estimate of drug-likeness (QED) is 0.704. The number of aromatic nitrogens is 5. The molecule has 1 aliphatic rings. The number of likely N-dealkylation sites (N-methyl/N-ethyl adjacent to an activating group) is 1. The Balaban J connectivity index is 1.45. The van der Waals surface area contributed by atoms with E-state index in [0.717, 1.165) is 54.0 Å². The maximum atomic E-state index is 4.55. The van der Waals surface area contributed by atoms with E-state index in [1.54, 1.807) is 11.3 Å². The highest BCUT2D eigenvalue weighted by Gasteiger charge is 2.32. The first kappa shape index (κ1) is 15.5. The molecule has 0 spiro atoms. The summed E-state index contributed by atoms with van der Waals surface area (Å²) in [5.74, 6) is 1.90. The molecule has 126 valence electrons. The van der Waals surface area contributed by atoms with Crippen LogP contribution >= 0.6 is 11.3 Å². The summed E-state index contributed by atoms with van der Waals surface area (Å²) in [5, 5.41) is 11.8. The molecule has 0 bridgehead atoms. The average Bonchev–Trinajstić information content (AvgIpc) is 3.12. The average molecular weight is 343 g/mol. The van der Waals surface area contributed by atoms with Gasteiger partial charge in [-0.1, -0.05) is 6.92 Å². The van der Waals surface area contributed by atoms with Gasteiger partial charge in [-0.2, -0.15) is 0 Å². The summed E-state index contributed by atoms with van der Waals surface area (Å²) >= 11 is 1.71. The molecule has 4 rings (SSSR count). The van der Waals surface area contributed by atoms with Crippen molar-refractivity contribution in [1.29, 1.82) is 0 Å². The van der Waals surface area contributed by atoms with Crippen molar-refractivity contribution in [2.45, 2.75) is 32.9 Å². The first-order valence-corrected chi connectivity index (χ1v) is 9.08. The number of hydrogen-bond donors (Lipinski definition) is 0. The zero-order valence-corrected chi connectivity index (χ0v) is 15.0. The van der Waals surface area contributed by atoms with Crippen LogP contribution in [0.5, 0.6) is 0 Å². The maximum Gasteiger partial charge on any atom is 0.203 e. The summed E-state index contributed by atoms with van der Waals surface area (Å²) in [6.07, 6.45) is 4.63. The second kappa shape index (κ2) is 6.10. The van der Waals surface area contributed by atoms with Crippen molar-refractivity contribution in [3.63, 3.8) is 0 Å². The van der Waals surface area contributed by atoms with E-state index in [2.05, 4.69) is 56.2 Å². The number of nitrogens with zero attached hydrogens (tertiary/aromatic N) is 7. The van der Waals surface area contributed by atoms with Crippen LogP contribution in [0.2, 0.25) is 0 Å². The van der Waals surface area contributed by atoms with Crippen LogP contribution in [0, 0.1) is 6.92 Å². The van der Waals surface area contributed by atoms with Gasteiger partial charge in [-0.25, -0.2) is 9.97 Å². The van der Waals surface area contributed by atoms with E-state index in [1.807, 2.05) is 16.8 Å². The van der Waals surface area contributed by atoms with Crippen molar-refractivity contribution in [1.82, 2.24) is 29.5 Å². The highest BCUT2D eigenvalue weighted by molar-refractivity contribution is 7.09. The lowest BCUT2D eigenvalue weighted by atomic mass is 10.1. The van der Waals surface area contributed by atoms with Crippen molar-refractivity contribution < 1.29 is 0 Å². The molecule has 3 aromatic rings. The number of thiazole rings is 1. The van der Waals surface area contributed by atoms with Gasteiger partial charge in [0.25, 0.3) is 0 Å². The number of hydrogen-bond acceptors (Lipinski definition) is 7. The molecule has 4 heterocycles. The molecule has 0 atom stereocenters. The van der Waals surface area contributed by atoms with E-state index >= 15 is 0 Å². The molecular weight excluding hydrogens is 322 g/mol. The smallest absolute Gasteiger partial charge is 0.203 e. The predicted molar refractivity (Wildman–Crippen MR) is 94.5 cm³/mol. The molecule has 0 unspecified atom stereocenters. The summed E-state index contributed by atoms with van der Waals surface area (Å²) in [4.78, 5) is 13.7. The van der Waals surface area contributed by atoms with Gasteiger partial charge >= 0.3 is 0 Å². The molecule has 7 nitrogen and oxygen atoms in total. The lowest BCUT2D eigenvalue weighted by molar-refractivity contribution is 0.195. The van der Waals surface area contributed by atoms with Crippen LogP contribution in [0.15, 0.2) is 17.8 Å². The van der Waals surface area contributed by atoms with E-state index in [0.29, 0.717) is 6.04 Å². The monoisotopic (exact) mass is 343 g/mol. The Morgan fingerprint density at radius 2 is 2.17 bits per heavy atom. The number of rotatable bonds is 5. The molecule has 1 saturated heterocycles. The van der Waals surface area contributed by atoms with Crippen LogP contribution in [0.3, 0.4) is 0 Å². The van der Waals surface area contributed by atoms with E-state index in [4.69, 9.17) is 0 Å². The Morgan fingerprint density at radius 3 is 2.88 bits per heavy atom. The Kier molecular flexibility index (Phi) is 3.93. The van der Waals surface area contributed by atoms with Gasteiger partial charge in [0.05, 0.1) is 10.7 Å². The molecule has 1 aliphatic heterocycles. The first-order chi connectivity index (χ1) is 11.7. The second-order valence-corrected chi connectivity index (χ2v) is 7.31. The van der Waals surface area contributed by atoms with Crippen LogP contribution in [-0.4, -0.2) is 55.6 Å². The van der Waals surface area contributed by atoms with E-state index in [1.165, 1.54) is 0 Å². The van der Waals surface area contributed by atoms with Crippen molar-refractivity contribution in [3.8, 4) is 0 Å². The Morgan fingerprint density at radius 1 is 1.33 bits per heavy atom. The molecule has 0 amide bonds. The molecule has 0 radical (unpaired) electrons. The predicted octanol–water partition coefficient (Wildman–Crippen LogP) is 1.77. The topological polar surface area (TPSA) is 62.5 Å².